The first-order valence-corrected chi connectivity index (χ1v) is 9.07. The van der Waals surface area contributed by atoms with E-state index in [9.17, 15) is 18.0 Å². The molecule has 2 aromatic rings. The third-order valence-electron chi connectivity index (χ3n) is 5.09. The van der Waals surface area contributed by atoms with E-state index in [1.165, 1.54) is 18.6 Å². The quantitative estimate of drug-likeness (QED) is 0.799. The lowest BCUT2D eigenvalue weighted by atomic mass is 9.90. The topological polar surface area (TPSA) is 46.1 Å². The molecule has 0 spiro atoms. The molecule has 1 saturated heterocycles. The van der Waals surface area contributed by atoms with Crippen molar-refractivity contribution in [2.24, 2.45) is 5.92 Å². The summed E-state index contributed by atoms with van der Waals surface area (Å²) in [5, 5.41) is 0. The summed E-state index contributed by atoms with van der Waals surface area (Å²) in [5.41, 5.74) is 0.878. The van der Waals surface area contributed by atoms with Crippen molar-refractivity contribution < 1.29 is 18.0 Å². The first-order valence-electron chi connectivity index (χ1n) is 9.07. The van der Waals surface area contributed by atoms with Gasteiger partial charge in [0.15, 0.2) is 0 Å². The molecule has 1 aromatic heterocycles. The van der Waals surface area contributed by atoms with E-state index in [0.29, 0.717) is 42.8 Å². The molecule has 0 saturated carbocycles. The number of likely N-dealkylation sites (tertiary alicyclic amines) is 1. The Labute approximate surface area is 156 Å². The van der Waals surface area contributed by atoms with Crippen LogP contribution in [0.2, 0.25) is 0 Å². The van der Waals surface area contributed by atoms with E-state index in [2.05, 4.69) is 9.97 Å². The maximum Gasteiger partial charge on any atom is 0.416 e. The third kappa shape index (κ3) is 4.64. The van der Waals surface area contributed by atoms with Gasteiger partial charge in [0, 0.05) is 19.3 Å². The number of aryl methyl sites for hydroxylation is 2. The molecule has 1 aromatic carbocycles. The zero-order valence-electron chi connectivity index (χ0n) is 15.2. The van der Waals surface area contributed by atoms with Crippen molar-refractivity contribution in [3.05, 3.63) is 59.2 Å². The molecule has 1 aliphatic heterocycles. The molecule has 144 valence electrons. The highest BCUT2D eigenvalue weighted by Crippen LogP contribution is 2.33. The van der Waals surface area contributed by atoms with Gasteiger partial charge in [-0.3, -0.25) is 4.79 Å². The molecule has 0 bridgehead atoms. The number of piperidine rings is 1. The summed E-state index contributed by atoms with van der Waals surface area (Å²) in [5.74, 6) is 0.0856. The summed E-state index contributed by atoms with van der Waals surface area (Å²) < 4.78 is 39.4. The highest BCUT2D eigenvalue weighted by atomic mass is 19.4. The number of hydrogen-bond donors (Lipinski definition) is 0. The fourth-order valence-corrected chi connectivity index (χ4v) is 3.63. The standard InChI is InChI=1S/C20H22F3N3O/c1-14-17(11-24-13-25-14)19(27)26-10-4-5-15(12-26)8-9-16-6-2-3-7-18(16)20(21,22)23/h2-3,6-7,11,13,15H,4-5,8-10,12H2,1H3/t15-/m0/s1. The van der Waals surface area contributed by atoms with Crippen LogP contribution in [0.25, 0.3) is 0 Å². The number of rotatable bonds is 4. The minimum Gasteiger partial charge on any atom is -0.338 e. The Morgan fingerprint density at radius 3 is 2.81 bits per heavy atom. The fourth-order valence-electron chi connectivity index (χ4n) is 3.63. The van der Waals surface area contributed by atoms with E-state index in [1.807, 2.05) is 0 Å². The van der Waals surface area contributed by atoms with Gasteiger partial charge in [0.1, 0.15) is 6.33 Å². The average Bonchev–Trinajstić information content (AvgIpc) is 2.66. The molecule has 4 nitrogen and oxygen atoms in total. The Bertz CT molecular complexity index is 807. The van der Waals surface area contributed by atoms with Crippen molar-refractivity contribution in [3.63, 3.8) is 0 Å². The van der Waals surface area contributed by atoms with Crippen LogP contribution in [-0.4, -0.2) is 33.9 Å². The molecular weight excluding hydrogens is 355 g/mol. The van der Waals surface area contributed by atoms with Crippen molar-refractivity contribution in [2.75, 3.05) is 13.1 Å². The zero-order valence-corrected chi connectivity index (χ0v) is 15.2. The second kappa shape index (κ2) is 8.06. The predicted octanol–water partition coefficient (Wildman–Crippen LogP) is 4.29. The summed E-state index contributed by atoms with van der Waals surface area (Å²) in [6.07, 6.45) is 1.34. The van der Waals surface area contributed by atoms with Gasteiger partial charge in [-0.1, -0.05) is 18.2 Å². The van der Waals surface area contributed by atoms with Crippen LogP contribution in [0, 0.1) is 12.8 Å². The van der Waals surface area contributed by atoms with Crippen molar-refractivity contribution in [2.45, 2.75) is 38.8 Å². The van der Waals surface area contributed by atoms with Gasteiger partial charge in [0.05, 0.1) is 16.8 Å². The van der Waals surface area contributed by atoms with E-state index in [-0.39, 0.29) is 11.8 Å². The predicted molar refractivity (Wildman–Crippen MR) is 95.2 cm³/mol. The van der Waals surface area contributed by atoms with Crippen LogP contribution in [0.15, 0.2) is 36.8 Å². The molecule has 1 amide bonds. The molecule has 1 fully saturated rings. The van der Waals surface area contributed by atoms with Crippen LogP contribution in [0.3, 0.4) is 0 Å². The van der Waals surface area contributed by atoms with E-state index in [1.54, 1.807) is 24.0 Å². The van der Waals surface area contributed by atoms with Crippen LogP contribution in [0.4, 0.5) is 13.2 Å². The maximum absolute atomic E-state index is 13.1. The largest absolute Gasteiger partial charge is 0.416 e. The van der Waals surface area contributed by atoms with E-state index >= 15 is 0 Å². The second-order valence-electron chi connectivity index (χ2n) is 6.97. The van der Waals surface area contributed by atoms with Gasteiger partial charge in [0.25, 0.3) is 5.91 Å². The third-order valence-corrected chi connectivity index (χ3v) is 5.09. The Morgan fingerprint density at radius 2 is 2.07 bits per heavy atom. The van der Waals surface area contributed by atoms with Gasteiger partial charge in [-0.25, -0.2) is 9.97 Å². The van der Waals surface area contributed by atoms with Crippen LogP contribution in [-0.2, 0) is 12.6 Å². The van der Waals surface area contributed by atoms with Gasteiger partial charge in [0.2, 0.25) is 0 Å². The molecule has 3 rings (SSSR count). The number of benzene rings is 1. The number of nitrogens with zero attached hydrogens (tertiary/aromatic N) is 3. The zero-order chi connectivity index (χ0) is 19.4. The number of hydrogen-bond acceptors (Lipinski definition) is 3. The Kier molecular flexibility index (Phi) is 5.77. The number of aromatic nitrogens is 2. The minimum absolute atomic E-state index is 0.103. The van der Waals surface area contributed by atoms with Gasteiger partial charge in [-0.2, -0.15) is 13.2 Å². The molecule has 0 unspecified atom stereocenters. The summed E-state index contributed by atoms with van der Waals surface area (Å²) in [6, 6.07) is 5.72. The van der Waals surface area contributed by atoms with Gasteiger partial charge < -0.3 is 4.90 Å². The van der Waals surface area contributed by atoms with E-state index in [4.69, 9.17) is 0 Å². The number of carbonyl (C=O) groups is 1. The Hall–Kier alpha value is -2.44. The average molecular weight is 377 g/mol. The fraction of sp³-hybridized carbons (Fsp3) is 0.450. The SMILES string of the molecule is Cc1ncncc1C(=O)N1CCC[C@@H](CCc2ccccc2C(F)(F)F)C1. The summed E-state index contributed by atoms with van der Waals surface area (Å²) >= 11 is 0. The van der Waals surface area contributed by atoms with Crippen molar-refractivity contribution in [1.29, 1.82) is 0 Å². The molecule has 0 N–H and O–H groups in total. The van der Waals surface area contributed by atoms with Crippen LogP contribution < -0.4 is 0 Å². The highest BCUT2D eigenvalue weighted by molar-refractivity contribution is 5.94. The molecule has 1 atom stereocenters. The lowest BCUT2D eigenvalue weighted by Gasteiger charge is -2.33. The van der Waals surface area contributed by atoms with Crippen molar-refractivity contribution >= 4 is 5.91 Å². The molecule has 1 aliphatic rings. The molecule has 2 heterocycles. The lowest BCUT2D eigenvalue weighted by molar-refractivity contribution is -0.138. The monoisotopic (exact) mass is 377 g/mol. The summed E-state index contributed by atoms with van der Waals surface area (Å²) in [7, 11) is 0. The number of carbonyl (C=O) groups excluding carboxylic acids is 1. The van der Waals surface area contributed by atoms with E-state index in [0.717, 1.165) is 18.9 Å². The molecule has 0 aliphatic carbocycles. The molecule has 27 heavy (non-hydrogen) atoms. The normalized spacial score (nSPS) is 17.8. The second-order valence-corrected chi connectivity index (χ2v) is 6.97. The van der Waals surface area contributed by atoms with Crippen molar-refractivity contribution in [3.8, 4) is 0 Å². The van der Waals surface area contributed by atoms with Gasteiger partial charge >= 0.3 is 6.18 Å². The van der Waals surface area contributed by atoms with E-state index < -0.39 is 11.7 Å². The van der Waals surface area contributed by atoms with Gasteiger partial charge in [-0.05, 0) is 50.2 Å². The Balaban J connectivity index is 1.65. The highest BCUT2D eigenvalue weighted by Gasteiger charge is 2.33. The minimum atomic E-state index is -4.34. The number of alkyl halides is 3. The maximum atomic E-state index is 13.1. The van der Waals surface area contributed by atoms with Crippen molar-refractivity contribution in [1.82, 2.24) is 14.9 Å². The van der Waals surface area contributed by atoms with Crippen LogP contribution in [0.5, 0.6) is 0 Å². The van der Waals surface area contributed by atoms with Gasteiger partial charge in [-0.15, -0.1) is 0 Å². The number of halogens is 3. The summed E-state index contributed by atoms with van der Waals surface area (Å²) in [6.45, 7) is 2.98. The molecule has 7 heteroatoms. The lowest BCUT2D eigenvalue weighted by Crippen LogP contribution is -2.40. The Morgan fingerprint density at radius 1 is 1.30 bits per heavy atom. The van der Waals surface area contributed by atoms with Crippen LogP contribution >= 0.6 is 0 Å². The molecule has 0 radical (unpaired) electrons. The smallest absolute Gasteiger partial charge is 0.338 e. The first-order chi connectivity index (χ1) is 12.9. The number of amides is 1. The first kappa shape index (κ1) is 19.3. The van der Waals surface area contributed by atoms with Crippen LogP contribution in [0.1, 0.15) is 46.4 Å². The molecular formula is C20H22F3N3O. The summed E-state index contributed by atoms with van der Waals surface area (Å²) in [4.78, 5) is 22.5.